The number of ether oxygens (including phenoxy) is 1. The third-order valence-electron chi connectivity index (χ3n) is 4.33. The summed E-state index contributed by atoms with van der Waals surface area (Å²) in [7, 11) is 1.53. The van der Waals surface area contributed by atoms with Crippen molar-refractivity contribution in [2.75, 3.05) is 12.4 Å². The van der Waals surface area contributed by atoms with Crippen molar-refractivity contribution in [1.29, 1.82) is 0 Å². The molecule has 30 heavy (non-hydrogen) atoms. The summed E-state index contributed by atoms with van der Waals surface area (Å²) in [6.07, 6.45) is -0.147. The molecule has 3 rings (SSSR count). The van der Waals surface area contributed by atoms with E-state index in [0.29, 0.717) is 22.2 Å². The van der Waals surface area contributed by atoms with Gasteiger partial charge in [0.05, 0.1) is 12.0 Å². The molecule has 2 amide bonds. The van der Waals surface area contributed by atoms with Crippen LogP contribution in [0.4, 0.5) is 17.1 Å². The summed E-state index contributed by atoms with van der Waals surface area (Å²) < 4.78 is 5.29. The molecule has 0 aromatic heterocycles. The number of amidine groups is 1. The van der Waals surface area contributed by atoms with Gasteiger partial charge in [-0.1, -0.05) is 23.9 Å². The average molecular weight is 428 g/mol. The summed E-state index contributed by atoms with van der Waals surface area (Å²) in [6, 6.07) is 10.0. The minimum absolute atomic E-state index is 0.0948. The van der Waals surface area contributed by atoms with Crippen LogP contribution < -0.4 is 15.4 Å². The third-order valence-corrected chi connectivity index (χ3v) is 5.41. The summed E-state index contributed by atoms with van der Waals surface area (Å²) in [5.74, 6) is -0.279. The first-order valence-corrected chi connectivity index (χ1v) is 9.90. The second kappa shape index (κ2) is 8.95. The van der Waals surface area contributed by atoms with E-state index >= 15 is 0 Å². The molecular weight excluding hydrogens is 408 g/mol. The fourth-order valence-electron chi connectivity index (χ4n) is 2.86. The molecule has 0 bridgehead atoms. The zero-order chi connectivity index (χ0) is 21.8. The Morgan fingerprint density at radius 1 is 1.27 bits per heavy atom. The maximum atomic E-state index is 12.4. The van der Waals surface area contributed by atoms with E-state index in [9.17, 15) is 19.7 Å². The minimum Gasteiger partial charge on any atom is -0.494 e. The van der Waals surface area contributed by atoms with Gasteiger partial charge in [-0.15, -0.1) is 0 Å². The molecule has 2 N–H and O–H groups in total. The number of nitro benzene ring substituents is 1. The number of nitrogens with one attached hydrogen (secondary N) is 2. The van der Waals surface area contributed by atoms with Gasteiger partial charge in [0.15, 0.2) is 5.17 Å². The Morgan fingerprint density at radius 2 is 1.97 bits per heavy atom. The predicted octanol–water partition coefficient (Wildman–Crippen LogP) is 3.47. The van der Waals surface area contributed by atoms with E-state index in [4.69, 9.17) is 4.74 Å². The number of anilines is 1. The van der Waals surface area contributed by atoms with E-state index < -0.39 is 16.1 Å². The van der Waals surface area contributed by atoms with Crippen LogP contribution in [-0.2, 0) is 9.59 Å². The van der Waals surface area contributed by atoms with Gasteiger partial charge in [0.1, 0.15) is 22.4 Å². The smallest absolute Gasteiger partial charge is 0.293 e. The first-order valence-electron chi connectivity index (χ1n) is 9.02. The molecule has 0 spiro atoms. The Hall–Kier alpha value is -3.40. The highest BCUT2D eigenvalue weighted by molar-refractivity contribution is 8.15. The number of nitro groups is 1. The lowest BCUT2D eigenvalue weighted by molar-refractivity contribution is -0.384. The number of carbonyl (C=O) groups excluding carboxylic acids is 2. The molecule has 1 atom stereocenters. The van der Waals surface area contributed by atoms with Crippen molar-refractivity contribution in [2.24, 2.45) is 4.99 Å². The van der Waals surface area contributed by atoms with Crippen molar-refractivity contribution < 1.29 is 19.2 Å². The van der Waals surface area contributed by atoms with Crippen LogP contribution in [0.1, 0.15) is 17.5 Å². The summed E-state index contributed by atoms with van der Waals surface area (Å²) in [5, 5.41) is 16.1. The largest absolute Gasteiger partial charge is 0.494 e. The molecule has 1 heterocycles. The first-order chi connectivity index (χ1) is 14.3. The van der Waals surface area contributed by atoms with Crippen molar-refractivity contribution in [3.63, 3.8) is 0 Å². The monoisotopic (exact) mass is 428 g/mol. The first kappa shape index (κ1) is 21.3. The van der Waals surface area contributed by atoms with Gasteiger partial charge in [0, 0.05) is 12.5 Å². The number of rotatable bonds is 6. The standard InChI is InChI=1S/C20H20N4O5S/c1-11-5-7-16(29-3)14(8-11)22-20-23-19(26)17(30-20)10-18(25)21-13-6-4-12(2)9-15(13)24(27)28/h4-9,17H,10H2,1-3H3,(H,21,25)(H,22,23,26)/t17-/m0/s1. The number of aliphatic imine (C=N–C) groups is 1. The Morgan fingerprint density at radius 3 is 2.67 bits per heavy atom. The molecule has 10 heteroatoms. The lowest BCUT2D eigenvalue weighted by atomic mass is 10.2. The molecule has 1 fully saturated rings. The topological polar surface area (TPSA) is 123 Å². The average Bonchev–Trinajstić information content (AvgIpc) is 3.02. The quantitative estimate of drug-likeness (QED) is 0.536. The molecule has 0 saturated carbocycles. The number of benzene rings is 2. The van der Waals surface area contributed by atoms with Crippen LogP contribution in [0, 0.1) is 24.0 Å². The molecule has 1 aliphatic rings. The number of carbonyl (C=O) groups is 2. The van der Waals surface area contributed by atoms with E-state index in [1.54, 1.807) is 19.1 Å². The molecule has 9 nitrogen and oxygen atoms in total. The molecule has 2 aromatic rings. The lowest BCUT2D eigenvalue weighted by Crippen LogP contribution is -2.28. The highest BCUT2D eigenvalue weighted by Gasteiger charge is 2.32. The van der Waals surface area contributed by atoms with Crippen LogP contribution in [-0.4, -0.2) is 34.3 Å². The summed E-state index contributed by atoms with van der Waals surface area (Å²) in [4.78, 5) is 39.7. The van der Waals surface area contributed by atoms with Crippen LogP contribution in [0.15, 0.2) is 41.4 Å². The van der Waals surface area contributed by atoms with E-state index in [-0.39, 0.29) is 23.7 Å². The number of methoxy groups -OCH3 is 1. The fourth-order valence-corrected chi connectivity index (χ4v) is 3.84. The molecule has 1 aliphatic heterocycles. The number of thioether (sulfide) groups is 1. The summed E-state index contributed by atoms with van der Waals surface area (Å²) >= 11 is 1.13. The van der Waals surface area contributed by atoms with E-state index in [1.807, 2.05) is 19.1 Å². The maximum Gasteiger partial charge on any atom is 0.293 e. The fraction of sp³-hybridized carbons (Fsp3) is 0.250. The van der Waals surface area contributed by atoms with Crippen molar-refractivity contribution in [2.45, 2.75) is 25.5 Å². The van der Waals surface area contributed by atoms with Crippen LogP contribution in [0.3, 0.4) is 0 Å². The normalized spacial score (nSPS) is 17.0. The maximum absolute atomic E-state index is 12.4. The summed E-state index contributed by atoms with van der Waals surface area (Å²) in [5.41, 5.74) is 2.16. The SMILES string of the molecule is COc1ccc(C)cc1N=C1NC(=O)[C@H](CC(=O)Nc2ccc(C)cc2[N+](=O)[O-])S1. The lowest BCUT2D eigenvalue weighted by Gasteiger charge is -2.08. The molecule has 156 valence electrons. The number of hydrogen-bond donors (Lipinski definition) is 2. The van der Waals surface area contributed by atoms with Gasteiger partial charge in [-0.2, -0.15) is 0 Å². The highest BCUT2D eigenvalue weighted by atomic mass is 32.2. The van der Waals surface area contributed by atoms with Crippen LogP contribution in [0.5, 0.6) is 5.75 Å². The predicted molar refractivity (Wildman–Crippen MR) is 115 cm³/mol. The number of aryl methyl sites for hydroxylation is 2. The Bertz CT molecular complexity index is 1050. The van der Waals surface area contributed by atoms with Crippen LogP contribution >= 0.6 is 11.8 Å². The van der Waals surface area contributed by atoms with E-state index in [1.165, 1.54) is 19.2 Å². The van der Waals surface area contributed by atoms with Gasteiger partial charge in [0.25, 0.3) is 5.69 Å². The van der Waals surface area contributed by atoms with Gasteiger partial charge in [-0.25, -0.2) is 4.99 Å². The van der Waals surface area contributed by atoms with Crippen LogP contribution in [0.2, 0.25) is 0 Å². The summed E-state index contributed by atoms with van der Waals surface area (Å²) in [6.45, 7) is 3.64. The second-order valence-electron chi connectivity index (χ2n) is 6.72. The zero-order valence-corrected chi connectivity index (χ0v) is 17.4. The highest BCUT2D eigenvalue weighted by Crippen LogP contribution is 2.32. The molecule has 0 aliphatic carbocycles. The van der Waals surface area contributed by atoms with Crippen molar-refractivity contribution in [3.8, 4) is 5.75 Å². The Kier molecular flexibility index (Phi) is 6.36. The number of hydrogen-bond acceptors (Lipinski definition) is 7. The van der Waals surface area contributed by atoms with E-state index in [2.05, 4.69) is 15.6 Å². The molecule has 0 radical (unpaired) electrons. The Balaban J connectivity index is 1.70. The van der Waals surface area contributed by atoms with Gasteiger partial charge in [-0.05, 0) is 43.2 Å². The molecule has 0 unspecified atom stereocenters. The van der Waals surface area contributed by atoms with Crippen molar-refractivity contribution in [3.05, 3.63) is 57.6 Å². The Labute approximate surface area is 177 Å². The number of nitrogens with zero attached hydrogens (tertiary/aromatic N) is 2. The van der Waals surface area contributed by atoms with Gasteiger partial charge in [0.2, 0.25) is 11.8 Å². The molecular formula is C20H20N4O5S. The number of amides is 2. The van der Waals surface area contributed by atoms with Crippen LogP contribution in [0.25, 0.3) is 0 Å². The second-order valence-corrected chi connectivity index (χ2v) is 7.91. The van der Waals surface area contributed by atoms with Crippen molar-refractivity contribution >= 4 is 45.8 Å². The zero-order valence-electron chi connectivity index (χ0n) is 16.6. The minimum atomic E-state index is -0.691. The van der Waals surface area contributed by atoms with Gasteiger partial charge >= 0.3 is 0 Å². The van der Waals surface area contributed by atoms with Gasteiger partial charge < -0.3 is 15.4 Å². The van der Waals surface area contributed by atoms with Gasteiger partial charge in [-0.3, -0.25) is 19.7 Å². The van der Waals surface area contributed by atoms with Crippen molar-refractivity contribution in [1.82, 2.24) is 5.32 Å². The van der Waals surface area contributed by atoms with E-state index in [0.717, 1.165) is 17.3 Å². The molecule has 2 aromatic carbocycles. The third kappa shape index (κ3) is 4.95. The molecule has 1 saturated heterocycles.